The Hall–Kier alpha value is -2.39. The van der Waals surface area contributed by atoms with Gasteiger partial charge in [0.25, 0.3) is 0 Å². The first kappa shape index (κ1) is 21.9. The van der Waals surface area contributed by atoms with E-state index in [2.05, 4.69) is 42.7 Å². The van der Waals surface area contributed by atoms with Gasteiger partial charge >= 0.3 is 5.97 Å². The van der Waals surface area contributed by atoms with Crippen LogP contribution in [0.1, 0.15) is 57.8 Å². The van der Waals surface area contributed by atoms with E-state index in [4.69, 9.17) is 4.74 Å². The highest BCUT2D eigenvalue weighted by Crippen LogP contribution is 2.36. The number of esters is 1. The largest absolute Gasteiger partial charge is 0.460 e. The summed E-state index contributed by atoms with van der Waals surface area (Å²) in [6.07, 6.45) is 1.90. The third-order valence-electron chi connectivity index (χ3n) is 4.87. The Bertz CT molecular complexity index is 749. The zero-order valence-electron chi connectivity index (χ0n) is 17.8. The van der Waals surface area contributed by atoms with Crippen molar-refractivity contribution < 1.29 is 9.53 Å². The Morgan fingerprint density at radius 3 is 1.96 bits per heavy atom. The first-order chi connectivity index (χ1) is 13.2. The number of carbonyl (C=O) groups excluding carboxylic acids is 1. The van der Waals surface area contributed by atoms with E-state index in [1.807, 2.05) is 70.2 Å². The Morgan fingerprint density at radius 2 is 1.50 bits per heavy atom. The van der Waals surface area contributed by atoms with Crippen LogP contribution < -0.4 is 0 Å². The fraction of sp³-hybridized carbons (Fsp3) is 0.400. The summed E-state index contributed by atoms with van der Waals surface area (Å²) in [5.41, 5.74) is 1.80. The van der Waals surface area contributed by atoms with Gasteiger partial charge in [0.05, 0.1) is 5.92 Å². The highest BCUT2D eigenvalue weighted by atomic mass is 16.6. The Kier molecular flexibility index (Phi) is 7.59. The predicted octanol–water partition coefficient (Wildman–Crippen LogP) is 5.95. The highest BCUT2D eigenvalue weighted by Gasteiger charge is 2.35. The average Bonchev–Trinajstić information content (AvgIpc) is 2.67. The van der Waals surface area contributed by atoms with E-state index in [9.17, 15) is 4.79 Å². The van der Waals surface area contributed by atoms with Crippen molar-refractivity contribution in [3.63, 3.8) is 0 Å². The molecule has 0 N–H and O–H groups in total. The predicted molar refractivity (Wildman–Crippen MR) is 116 cm³/mol. The quantitative estimate of drug-likeness (QED) is 0.419. The minimum Gasteiger partial charge on any atom is -0.460 e. The first-order valence-corrected chi connectivity index (χ1v) is 9.94. The third kappa shape index (κ3) is 5.80. The van der Waals surface area contributed by atoms with Gasteiger partial charge in [0.1, 0.15) is 5.60 Å². The highest BCUT2D eigenvalue weighted by molar-refractivity contribution is 5.73. The SMILES string of the molecule is C=CCN([C@@H](C)c1ccccc1)[C@@H](c1ccccc1)[C@H](C)C(=O)OC(C)(C)C. The van der Waals surface area contributed by atoms with Crippen molar-refractivity contribution in [1.82, 2.24) is 4.90 Å². The standard InChI is InChI=1S/C25H33NO2/c1-7-18-26(20(3)21-14-10-8-11-15-21)23(22-16-12-9-13-17-22)19(2)24(27)28-25(4,5)6/h7-17,19-20,23H,1,18H2,2-6H3/t19-,20-,23+/m0/s1. The molecule has 0 unspecified atom stereocenters. The molecule has 0 aromatic heterocycles. The number of benzene rings is 2. The van der Waals surface area contributed by atoms with Crippen LogP contribution in [0.4, 0.5) is 0 Å². The molecule has 0 amide bonds. The lowest BCUT2D eigenvalue weighted by Gasteiger charge is -2.39. The molecular formula is C25H33NO2. The van der Waals surface area contributed by atoms with Gasteiger partial charge in [0.15, 0.2) is 0 Å². The van der Waals surface area contributed by atoms with E-state index in [0.717, 1.165) is 5.56 Å². The van der Waals surface area contributed by atoms with Gasteiger partial charge in [-0.15, -0.1) is 6.58 Å². The van der Waals surface area contributed by atoms with Crippen LogP contribution >= 0.6 is 0 Å². The van der Waals surface area contributed by atoms with Gasteiger partial charge in [-0.3, -0.25) is 9.69 Å². The Balaban J connectivity index is 2.45. The summed E-state index contributed by atoms with van der Waals surface area (Å²) in [6, 6.07) is 20.6. The van der Waals surface area contributed by atoms with Crippen LogP contribution in [-0.4, -0.2) is 23.0 Å². The molecular weight excluding hydrogens is 346 g/mol. The van der Waals surface area contributed by atoms with Gasteiger partial charge in [-0.2, -0.15) is 0 Å². The first-order valence-electron chi connectivity index (χ1n) is 9.94. The van der Waals surface area contributed by atoms with Gasteiger partial charge in [-0.25, -0.2) is 0 Å². The second kappa shape index (κ2) is 9.70. The summed E-state index contributed by atoms with van der Waals surface area (Å²) in [4.78, 5) is 15.3. The van der Waals surface area contributed by atoms with E-state index in [-0.39, 0.29) is 24.0 Å². The molecule has 2 rings (SSSR count). The second-order valence-corrected chi connectivity index (χ2v) is 8.25. The lowest BCUT2D eigenvalue weighted by molar-refractivity contribution is -0.162. The van der Waals surface area contributed by atoms with Gasteiger partial charge in [0.2, 0.25) is 0 Å². The minimum absolute atomic E-state index is 0.120. The monoisotopic (exact) mass is 379 g/mol. The summed E-state index contributed by atoms with van der Waals surface area (Å²) in [6.45, 7) is 14.5. The maximum absolute atomic E-state index is 13.0. The van der Waals surface area contributed by atoms with Crippen LogP contribution in [0.2, 0.25) is 0 Å². The molecule has 0 aliphatic heterocycles. The van der Waals surface area contributed by atoms with E-state index < -0.39 is 5.60 Å². The van der Waals surface area contributed by atoms with E-state index in [1.54, 1.807) is 0 Å². The topological polar surface area (TPSA) is 29.5 Å². The lowest BCUT2D eigenvalue weighted by Crippen LogP contribution is -2.40. The number of nitrogens with zero attached hydrogens (tertiary/aromatic N) is 1. The lowest BCUT2D eigenvalue weighted by atomic mass is 9.90. The third-order valence-corrected chi connectivity index (χ3v) is 4.87. The van der Waals surface area contributed by atoms with Crippen molar-refractivity contribution in [3.8, 4) is 0 Å². The zero-order chi connectivity index (χ0) is 20.7. The van der Waals surface area contributed by atoms with Crippen LogP contribution in [0, 0.1) is 5.92 Å². The zero-order valence-corrected chi connectivity index (χ0v) is 17.8. The summed E-state index contributed by atoms with van der Waals surface area (Å²) in [5.74, 6) is -0.511. The Labute approximate surface area is 170 Å². The second-order valence-electron chi connectivity index (χ2n) is 8.25. The fourth-order valence-corrected chi connectivity index (χ4v) is 3.53. The van der Waals surface area contributed by atoms with Gasteiger partial charge < -0.3 is 4.74 Å². The van der Waals surface area contributed by atoms with Crippen LogP contribution in [-0.2, 0) is 9.53 Å². The summed E-state index contributed by atoms with van der Waals surface area (Å²) >= 11 is 0. The molecule has 0 saturated carbocycles. The van der Waals surface area contributed by atoms with Crippen LogP contribution in [0.15, 0.2) is 73.3 Å². The molecule has 0 bridgehead atoms. The summed E-state index contributed by atoms with van der Waals surface area (Å²) in [7, 11) is 0. The van der Waals surface area contributed by atoms with Gasteiger partial charge in [-0.05, 0) is 38.8 Å². The molecule has 28 heavy (non-hydrogen) atoms. The minimum atomic E-state index is -0.513. The molecule has 0 saturated heterocycles. The van der Waals surface area contributed by atoms with Crippen molar-refractivity contribution >= 4 is 5.97 Å². The molecule has 2 aromatic rings. The summed E-state index contributed by atoms with van der Waals surface area (Å²) in [5, 5.41) is 0. The van der Waals surface area contributed by atoms with Crippen LogP contribution in [0.5, 0.6) is 0 Å². The Morgan fingerprint density at radius 1 is 1.00 bits per heavy atom. The molecule has 3 heteroatoms. The van der Waals surface area contributed by atoms with Crippen molar-refractivity contribution in [3.05, 3.63) is 84.4 Å². The van der Waals surface area contributed by atoms with E-state index in [1.165, 1.54) is 5.56 Å². The molecule has 0 spiro atoms. The normalized spacial score (nSPS) is 14.9. The average molecular weight is 380 g/mol. The van der Waals surface area contributed by atoms with Crippen molar-refractivity contribution in [1.29, 1.82) is 0 Å². The van der Waals surface area contributed by atoms with Gasteiger partial charge in [-0.1, -0.05) is 73.7 Å². The van der Waals surface area contributed by atoms with Crippen LogP contribution in [0.25, 0.3) is 0 Å². The number of hydrogen-bond donors (Lipinski definition) is 0. The molecule has 0 aliphatic carbocycles. The number of hydrogen-bond acceptors (Lipinski definition) is 3. The fourth-order valence-electron chi connectivity index (χ4n) is 3.53. The maximum Gasteiger partial charge on any atom is 0.311 e. The number of ether oxygens (including phenoxy) is 1. The maximum atomic E-state index is 13.0. The molecule has 2 aromatic carbocycles. The van der Waals surface area contributed by atoms with Crippen molar-refractivity contribution in [2.75, 3.05) is 6.54 Å². The van der Waals surface area contributed by atoms with E-state index in [0.29, 0.717) is 6.54 Å². The number of rotatable bonds is 8. The van der Waals surface area contributed by atoms with Crippen molar-refractivity contribution in [2.24, 2.45) is 5.92 Å². The van der Waals surface area contributed by atoms with Crippen LogP contribution in [0.3, 0.4) is 0 Å². The molecule has 0 radical (unpaired) electrons. The molecule has 0 heterocycles. The smallest absolute Gasteiger partial charge is 0.311 e. The molecule has 0 fully saturated rings. The summed E-state index contributed by atoms with van der Waals surface area (Å²) < 4.78 is 5.72. The molecule has 150 valence electrons. The van der Waals surface area contributed by atoms with Crippen molar-refractivity contribution in [2.45, 2.75) is 52.3 Å². The molecule has 0 aliphatic rings. The van der Waals surface area contributed by atoms with Gasteiger partial charge in [0, 0.05) is 18.6 Å². The molecule has 3 atom stereocenters. The van der Waals surface area contributed by atoms with E-state index >= 15 is 0 Å². The number of carbonyl (C=O) groups is 1. The molecule has 3 nitrogen and oxygen atoms in total.